The summed E-state index contributed by atoms with van der Waals surface area (Å²) in [5, 5.41) is 0. The van der Waals surface area contributed by atoms with Crippen molar-refractivity contribution < 1.29 is 9.47 Å². The Morgan fingerprint density at radius 3 is 2.03 bits per heavy atom. The van der Waals surface area contributed by atoms with E-state index in [0.29, 0.717) is 17.1 Å². The van der Waals surface area contributed by atoms with Crippen LogP contribution in [0.4, 0.5) is 0 Å². The summed E-state index contributed by atoms with van der Waals surface area (Å²) in [7, 11) is 0. The fourth-order valence-electron chi connectivity index (χ4n) is 6.68. The van der Waals surface area contributed by atoms with Crippen LogP contribution in [-0.2, 0) is 9.47 Å². The molecule has 1 unspecified atom stereocenters. The fourth-order valence-corrected chi connectivity index (χ4v) is 6.68. The lowest BCUT2D eigenvalue weighted by Gasteiger charge is -2.51. The molecule has 4 saturated heterocycles. The molecular weight excluding hydrogens is 360 g/mol. The molecular formula is C25H46N2O2. The summed E-state index contributed by atoms with van der Waals surface area (Å²) in [5.41, 5.74) is 1.28. The van der Waals surface area contributed by atoms with Crippen molar-refractivity contribution in [1.82, 2.24) is 9.80 Å². The summed E-state index contributed by atoms with van der Waals surface area (Å²) in [6, 6.07) is 0. The van der Waals surface area contributed by atoms with E-state index in [1.165, 1.54) is 84.0 Å². The van der Waals surface area contributed by atoms with E-state index in [0.717, 1.165) is 13.2 Å². The lowest BCUT2D eigenvalue weighted by molar-refractivity contribution is -0.105. The quantitative estimate of drug-likeness (QED) is 0.668. The van der Waals surface area contributed by atoms with Crippen LogP contribution in [0.1, 0.15) is 92.4 Å². The average Bonchev–Trinajstić information content (AvgIpc) is 3.09. The molecule has 29 heavy (non-hydrogen) atoms. The van der Waals surface area contributed by atoms with Gasteiger partial charge in [-0.05, 0) is 111 Å². The summed E-state index contributed by atoms with van der Waals surface area (Å²) in [6.07, 6.45) is 11.8. The zero-order valence-electron chi connectivity index (χ0n) is 19.9. The molecule has 0 aromatic heterocycles. The largest absolute Gasteiger partial charge is 0.378 e. The number of hydrogen-bond donors (Lipinski definition) is 0. The van der Waals surface area contributed by atoms with E-state index in [1.54, 1.807) is 0 Å². The molecule has 4 rings (SSSR count). The third-order valence-electron chi connectivity index (χ3n) is 8.86. The van der Waals surface area contributed by atoms with Crippen LogP contribution < -0.4 is 0 Å². The van der Waals surface area contributed by atoms with Crippen molar-refractivity contribution in [1.29, 1.82) is 0 Å². The molecule has 2 spiro atoms. The third kappa shape index (κ3) is 4.86. The van der Waals surface area contributed by atoms with E-state index in [4.69, 9.17) is 9.47 Å². The first-order valence-electron chi connectivity index (χ1n) is 12.4. The maximum atomic E-state index is 6.35. The summed E-state index contributed by atoms with van der Waals surface area (Å²) in [6.45, 7) is 18.8. The maximum Gasteiger partial charge on any atom is 0.0707 e. The van der Waals surface area contributed by atoms with Gasteiger partial charge in [0.2, 0.25) is 0 Å². The third-order valence-corrected chi connectivity index (χ3v) is 8.86. The lowest BCUT2D eigenvalue weighted by Crippen LogP contribution is -2.55. The first-order chi connectivity index (χ1) is 13.6. The number of piperidine rings is 2. The van der Waals surface area contributed by atoms with Crippen LogP contribution in [0.2, 0.25) is 0 Å². The first kappa shape index (κ1) is 22.0. The Hall–Kier alpha value is -0.160. The smallest absolute Gasteiger partial charge is 0.0707 e. The molecule has 0 aromatic rings. The second kappa shape index (κ2) is 8.07. The molecule has 4 nitrogen and oxygen atoms in total. The highest BCUT2D eigenvalue weighted by molar-refractivity contribution is 4.98. The summed E-state index contributed by atoms with van der Waals surface area (Å²) in [4.78, 5) is 5.41. The van der Waals surface area contributed by atoms with Gasteiger partial charge in [-0.1, -0.05) is 0 Å². The second-order valence-electron chi connectivity index (χ2n) is 12.2. The number of nitrogens with zero attached hydrogens (tertiary/aromatic N) is 2. The molecule has 4 fully saturated rings. The standard InChI is InChI=1S/C25H46N2O2/c1-22(2,3)26-13-8-24(9-14-26)12-18-28-21(20-24)19-23(4,5)27-15-10-25(11-16-27)7-6-17-29-25/h21H,6-20H2,1-5H3. The van der Waals surface area contributed by atoms with Crippen LogP contribution in [0.3, 0.4) is 0 Å². The summed E-state index contributed by atoms with van der Waals surface area (Å²) in [5.74, 6) is 0. The molecule has 4 aliphatic heterocycles. The van der Waals surface area contributed by atoms with Gasteiger partial charge in [-0.25, -0.2) is 0 Å². The van der Waals surface area contributed by atoms with Crippen LogP contribution in [0.5, 0.6) is 0 Å². The van der Waals surface area contributed by atoms with Gasteiger partial charge in [0.1, 0.15) is 0 Å². The minimum atomic E-state index is 0.218. The normalized spacial score (nSPS) is 31.6. The van der Waals surface area contributed by atoms with Crippen molar-refractivity contribution in [2.45, 2.75) is 115 Å². The lowest BCUT2D eigenvalue weighted by atomic mass is 9.69. The Morgan fingerprint density at radius 2 is 1.45 bits per heavy atom. The highest BCUT2D eigenvalue weighted by Crippen LogP contribution is 2.46. The van der Waals surface area contributed by atoms with Crippen molar-refractivity contribution >= 4 is 0 Å². The molecule has 4 heteroatoms. The second-order valence-corrected chi connectivity index (χ2v) is 12.2. The van der Waals surface area contributed by atoms with Crippen LogP contribution in [0, 0.1) is 5.41 Å². The van der Waals surface area contributed by atoms with E-state index >= 15 is 0 Å². The molecule has 0 N–H and O–H groups in total. The van der Waals surface area contributed by atoms with Gasteiger partial charge in [0.05, 0.1) is 11.7 Å². The first-order valence-corrected chi connectivity index (χ1v) is 12.4. The zero-order chi connectivity index (χ0) is 20.8. The van der Waals surface area contributed by atoms with Crippen LogP contribution in [-0.4, -0.2) is 72.0 Å². The Labute approximate surface area is 179 Å². The van der Waals surface area contributed by atoms with Gasteiger partial charge in [-0.15, -0.1) is 0 Å². The maximum absolute atomic E-state index is 6.35. The van der Waals surface area contributed by atoms with E-state index < -0.39 is 0 Å². The molecule has 0 aliphatic carbocycles. The van der Waals surface area contributed by atoms with Gasteiger partial charge in [0.25, 0.3) is 0 Å². The Kier molecular flexibility index (Phi) is 6.14. The van der Waals surface area contributed by atoms with E-state index in [-0.39, 0.29) is 11.1 Å². The van der Waals surface area contributed by atoms with Gasteiger partial charge in [0, 0.05) is 37.4 Å². The predicted octanol–water partition coefficient (Wildman–Crippen LogP) is 4.86. The van der Waals surface area contributed by atoms with Gasteiger partial charge in [-0.2, -0.15) is 0 Å². The SMILES string of the molecule is CC(C)(C)N1CCC2(CCOC(CC(C)(C)N3CCC4(CCCO4)CC3)C2)CC1. The minimum Gasteiger partial charge on any atom is -0.378 e. The highest BCUT2D eigenvalue weighted by Gasteiger charge is 2.45. The van der Waals surface area contributed by atoms with E-state index in [9.17, 15) is 0 Å². The Bertz CT molecular complexity index is 544. The van der Waals surface area contributed by atoms with Gasteiger partial charge < -0.3 is 9.47 Å². The number of rotatable bonds is 3. The van der Waals surface area contributed by atoms with Gasteiger partial charge in [-0.3, -0.25) is 9.80 Å². The van der Waals surface area contributed by atoms with Gasteiger partial charge >= 0.3 is 0 Å². The molecule has 0 saturated carbocycles. The predicted molar refractivity (Wildman–Crippen MR) is 119 cm³/mol. The molecule has 168 valence electrons. The van der Waals surface area contributed by atoms with Crippen LogP contribution >= 0.6 is 0 Å². The molecule has 0 bridgehead atoms. The van der Waals surface area contributed by atoms with Crippen molar-refractivity contribution in [2.75, 3.05) is 39.4 Å². The molecule has 0 radical (unpaired) electrons. The average molecular weight is 407 g/mol. The molecule has 1 atom stereocenters. The van der Waals surface area contributed by atoms with Gasteiger partial charge in [0.15, 0.2) is 0 Å². The molecule has 0 amide bonds. The van der Waals surface area contributed by atoms with Crippen LogP contribution in [0.15, 0.2) is 0 Å². The number of hydrogen-bond acceptors (Lipinski definition) is 4. The Morgan fingerprint density at radius 1 is 0.793 bits per heavy atom. The molecule has 0 aromatic carbocycles. The van der Waals surface area contributed by atoms with Crippen molar-refractivity contribution in [3.63, 3.8) is 0 Å². The summed E-state index contributed by atoms with van der Waals surface area (Å²) >= 11 is 0. The molecule has 4 aliphatic rings. The molecule has 4 heterocycles. The highest BCUT2D eigenvalue weighted by atomic mass is 16.5. The fraction of sp³-hybridized carbons (Fsp3) is 1.00. The van der Waals surface area contributed by atoms with Crippen molar-refractivity contribution in [2.24, 2.45) is 5.41 Å². The summed E-state index contributed by atoms with van der Waals surface area (Å²) < 4.78 is 12.5. The topological polar surface area (TPSA) is 24.9 Å². The van der Waals surface area contributed by atoms with Crippen molar-refractivity contribution in [3.05, 3.63) is 0 Å². The van der Waals surface area contributed by atoms with Crippen molar-refractivity contribution in [3.8, 4) is 0 Å². The van der Waals surface area contributed by atoms with E-state index in [1.807, 2.05) is 0 Å². The monoisotopic (exact) mass is 406 g/mol. The number of likely N-dealkylation sites (tertiary alicyclic amines) is 2. The zero-order valence-corrected chi connectivity index (χ0v) is 19.9. The van der Waals surface area contributed by atoms with E-state index in [2.05, 4.69) is 44.4 Å². The Balaban J connectivity index is 1.31. The number of ether oxygens (including phenoxy) is 2. The minimum absolute atomic E-state index is 0.218. The van der Waals surface area contributed by atoms with Crippen LogP contribution in [0.25, 0.3) is 0 Å².